The zero-order valence-electron chi connectivity index (χ0n) is 25.1. The van der Waals surface area contributed by atoms with E-state index in [1.807, 2.05) is 0 Å². The highest BCUT2D eigenvalue weighted by Crippen LogP contribution is 2.51. The summed E-state index contributed by atoms with van der Waals surface area (Å²) < 4.78 is 0. The third-order valence-corrected chi connectivity index (χ3v) is 10.3. The van der Waals surface area contributed by atoms with Crippen molar-refractivity contribution in [3.8, 4) is 33.4 Å². The van der Waals surface area contributed by atoms with E-state index in [1.54, 1.807) is 5.57 Å². The van der Waals surface area contributed by atoms with E-state index in [4.69, 9.17) is 0 Å². The number of fused-ring (bicyclic) bond motifs is 5. The molecule has 44 heavy (non-hydrogen) atoms. The smallest absolute Gasteiger partial charge is 0.00642 e. The van der Waals surface area contributed by atoms with Crippen molar-refractivity contribution in [3.05, 3.63) is 155 Å². The molecular weight excluding hydrogens is 528 g/mol. The second-order valence-corrected chi connectivity index (χ2v) is 12.5. The Labute approximate surface area is 259 Å². The topological polar surface area (TPSA) is 0 Å². The maximum absolute atomic E-state index is 2.53. The highest BCUT2D eigenvalue weighted by atomic mass is 14.3. The fraction of sp³-hybridized carbons (Fsp3) is 0.136. The minimum Gasteiger partial charge on any atom is -0.0836 e. The van der Waals surface area contributed by atoms with Crippen LogP contribution in [0.15, 0.2) is 133 Å². The summed E-state index contributed by atoms with van der Waals surface area (Å²) in [6.45, 7) is 2.34. The Morgan fingerprint density at radius 3 is 2.07 bits per heavy atom. The molecule has 0 saturated heterocycles. The molecule has 1 atom stereocenters. The summed E-state index contributed by atoms with van der Waals surface area (Å²) in [5.74, 6) is 0.529. The van der Waals surface area contributed by atoms with Crippen LogP contribution < -0.4 is 0 Å². The normalized spacial score (nSPS) is 16.5. The summed E-state index contributed by atoms with van der Waals surface area (Å²) in [5, 5.41) is 5.32. The van der Waals surface area contributed by atoms with E-state index in [-0.39, 0.29) is 0 Å². The minimum atomic E-state index is 0.529. The number of hydrogen-bond acceptors (Lipinski definition) is 0. The summed E-state index contributed by atoms with van der Waals surface area (Å²) in [7, 11) is 0. The van der Waals surface area contributed by atoms with Crippen molar-refractivity contribution in [1.29, 1.82) is 0 Å². The lowest BCUT2D eigenvalue weighted by atomic mass is 9.78. The molecule has 0 heterocycles. The van der Waals surface area contributed by atoms with E-state index >= 15 is 0 Å². The van der Waals surface area contributed by atoms with Crippen LogP contribution in [0.25, 0.3) is 66.6 Å². The fourth-order valence-electron chi connectivity index (χ4n) is 8.41. The van der Waals surface area contributed by atoms with Crippen molar-refractivity contribution < 1.29 is 0 Å². The lowest BCUT2D eigenvalue weighted by Gasteiger charge is -2.25. The summed E-state index contributed by atoms with van der Waals surface area (Å²) in [6, 6.07) is 41.0. The van der Waals surface area contributed by atoms with Crippen LogP contribution in [-0.4, -0.2) is 0 Å². The predicted molar refractivity (Wildman–Crippen MR) is 189 cm³/mol. The number of allylic oxidation sites excluding steroid dienone is 5. The van der Waals surface area contributed by atoms with Crippen LogP contribution in [0.5, 0.6) is 0 Å². The van der Waals surface area contributed by atoms with E-state index in [0.717, 1.165) is 25.7 Å². The molecule has 6 aromatic rings. The first-order valence-corrected chi connectivity index (χ1v) is 16.2. The van der Waals surface area contributed by atoms with Gasteiger partial charge >= 0.3 is 0 Å². The number of rotatable bonds is 4. The number of benzene rings is 6. The molecule has 0 aromatic heterocycles. The first-order chi connectivity index (χ1) is 21.8. The van der Waals surface area contributed by atoms with E-state index < -0.39 is 0 Å². The molecule has 0 spiro atoms. The van der Waals surface area contributed by atoms with Gasteiger partial charge in [-0.15, -0.1) is 0 Å². The van der Waals surface area contributed by atoms with Gasteiger partial charge in [0.05, 0.1) is 0 Å². The first kappa shape index (κ1) is 25.5. The SMILES string of the molecule is CCC1C2=C(C=CC2)c2ccc(-c3c4c(c(-c5ccc(-c6ccccc6)c6ccccc56)c5ccccc35)CCC=C4)cc21. The highest BCUT2D eigenvalue weighted by Gasteiger charge is 2.31. The molecule has 1 unspecified atom stereocenters. The van der Waals surface area contributed by atoms with Gasteiger partial charge in [-0.25, -0.2) is 0 Å². The second kappa shape index (κ2) is 10.1. The van der Waals surface area contributed by atoms with Gasteiger partial charge in [0.15, 0.2) is 0 Å². The van der Waals surface area contributed by atoms with Gasteiger partial charge in [-0.1, -0.05) is 140 Å². The molecule has 6 aromatic carbocycles. The summed E-state index contributed by atoms with van der Waals surface area (Å²) in [5.41, 5.74) is 17.0. The minimum absolute atomic E-state index is 0.529. The molecule has 3 aliphatic carbocycles. The zero-order chi connectivity index (χ0) is 29.2. The van der Waals surface area contributed by atoms with Crippen LogP contribution in [0, 0.1) is 0 Å². The van der Waals surface area contributed by atoms with Crippen LogP contribution in [0.2, 0.25) is 0 Å². The highest BCUT2D eigenvalue weighted by molar-refractivity contribution is 6.15. The Bertz CT molecular complexity index is 2220. The van der Waals surface area contributed by atoms with Crippen LogP contribution in [0.1, 0.15) is 54.4 Å². The van der Waals surface area contributed by atoms with Crippen LogP contribution in [-0.2, 0) is 6.42 Å². The largest absolute Gasteiger partial charge is 0.0836 e. The van der Waals surface area contributed by atoms with Gasteiger partial charge in [0.25, 0.3) is 0 Å². The molecule has 0 heteroatoms. The molecule has 0 saturated carbocycles. The van der Waals surface area contributed by atoms with Crippen molar-refractivity contribution in [2.75, 3.05) is 0 Å². The Balaban J connectivity index is 1.31. The van der Waals surface area contributed by atoms with Crippen molar-refractivity contribution in [2.24, 2.45) is 0 Å². The molecule has 3 aliphatic rings. The van der Waals surface area contributed by atoms with E-state index in [2.05, 4.69) is 140 Å². The molecule has 0 aliphatic heterocycles. The molecular formula is C44H34. The first-order valence-electron chi connectivity index (χ1n) is 16.2. The third-order valence-electron chi connectivity index (χ3n) is 10.3. The number of hydrogen-bond donors (Lipinski definition) is 0. The fourth-order valence-corrected chi connectivity index (χ4v) is 8.41. The van der Waals surface area contributed by atoms with Crippen LogP contribution in [0.4, 0.5) is 0 Å². The molecule has 0 N–H and O–H groups in total. The molecule has 210 valence electrons. The molecule has 0 fully saturated rings. The van der Waals surface area contributed by atoms with Gasteiger partial charge in [0.2, 0.25) is 0 Å². The molecule has 9 rings (SSSR count). The Morgan fingerprint density at radius 1 is 0.591 bits per heavy atom. The average molecular weight is 563 g/mol. The van der Waals surface area contributed by atoms with Crippen LogP contribution >= 0.6 is 0 Å². The Kier molecular flexibility index (Phi) is 5.85. The Morgan fingerprint density at radius 2 is 1.27 bits per heavy atom. The van der Waals surface area contributed by atoms with Gasteiger partial charge in [0, 0.05) is 5.92 Å². The summed E-state index contributed by atoms with van der Waals surface area (Å²) >= 11 is 0. The maximum atomic E-state index is 2.53. The lowest BCUT2D eigenvalue weighted by Crippen LogP contribution is -2.03. The van der Waals surface area contributed by atoms with E-state index in [9.17, 15) is 0 Å². The van der Waals surface area contributed by atoms with E-state index in [0.29, 0.717) is 5.92 Å². The third kappa shape index (κ3) is 3.70. The molecule has 0 amide bonds. The summed E-state index contributed by atoms with van der Waals surface area (Å²) in [6.07, 6.45) is 13.9. The quantitative estimate of drug-likeness (QED) is 0.200. The molecule has 0 radical (unpaired) electrons. The molecule has 0 nitrogen and oxygen atoms in total. The zero-order valence-corrected chi connectivity index (χ0v) is 25.1. The lowest BCUT2D eigenvalue weighted by molar-refractivity contribution is 0.762. The predicted octanol–water partition coefficient (Wildman–Crippen LogP) is 12.2. The van der Waals surface area contributed by atoms with Gasteiger partial charge in [-0.3, -0.25) is 0 Å². The van der Waals surface area contributed by atoms with Crippen molar-refractivity contribution in [1.82, 2.24) is 0 Å². The van der Waals surface area contributed by atoms with Gasteiger partial charge in [-0.2, -0.15) is 0 Å². The second-order valence-electron chi connectivity index (χ2n) is 12.5. The Hall–Kier alpha value is -4.94. The maximum Gasteiger partial charge on any atom is 0.00642 e. The van der Waals surface area contributed by atoms with Crippen molar-refractivity contribution in [2.45, 2.75) is 38.5 Å². The standard InChI is InChI=1S/C44H34/c1-2-30-32-21-12-22-34(32)36-24-23-29(27-42(30)36)43-37-17-8-10-19-39(37)44(40-20-11-9-18-38(40)43)41-26-25-31(28-13-4-3-5-14-28)33-15-6-7-16-35(33)41/h3-10,12-19,22-27,30H,2,11,20-21H2,1H3. The monoisotopic (exact) mass is 562 g/mol. The van der Waals surface area contributed by atoms with Gasteiger partial charge in [0.1, 0.15) is 0 Å². The average Bonchev–Trinajstić information content (AvgIpc) is 3.68. The van der Waals surface area contributed by atoms with Gasteiger partial charge < -0.3 is 0 Å². The van der Waals surface area contributed by atoms with Crippen LogP contribution in [0.3, 0.4) is 0 Å². The van der Waals surface area contributed by atoms with Gasteiger partial charge in [-0.05, 0) is 115 Å². The van der Waals surface area contributed by atoms with E-state index in [1.165, 1.54) is 82.8 Å². The summed E-state index contributed by atoms with van der Waals surface area (Å²) in [4.78, 5) is 0. The van der Waals surface area contributed by atoms with Crippen molar-refractivity contribution in [3.63, 3.8) is 0 Å². The van der Waals surface area contributed by atoms with Crippen molar-refractivity contribution >= 4 is 33.2 Å². The molecule has 0 bridgehead atoms.